The van der Waals surface area contributed by atoms with E-state index in [9.17, 15) is 0 Å². The maximum atomic E-state index is 3.22. The zero-order valence-electron chi connectivity index (χ0n) is 13.2. The monoisotopic (exact) mass is 243 g/mol. The van der Waals surface area contributed by atoms with Crippen LogP contribution in [0.2, 0.25) is 0 Å². The van der Waals surface area contributed by atoms with Crippen LogP contribution in [0.5, 0.6) is 0 Å². The van der Waals surface area contributed by atoms with E-state index in [-0.39, 0.29) is 11.1 Å². The molecule has 0 atom stereocenters. The van der Waals surface area contributed by atoms with Gasteiger partial charge < -0.3 is 5.32 Å². The van der Waals surface area contributed by atoms with Crippen molar-refractivity contribution in [2.24, 2.45) is 0 Å². The molecule has 0 amide bonds. The Morgan fingerprint density at radius 3 is 1.65 bits per heavy atom. The smallest absolute Gasteiger partial charge is 0.0328 e. The van der Waals surface area contributed by atoms with Crippen molar-refractivity contribution in [3.05, 3.63) is 0 Å². The van der Waals surface area contributed by atoms with Gasteiger partial charge in [0.1, 0.15) is 0 Å². The summed E-state index contributed by atoms with van der Waals surface area (Å²) in [6, 6.07) is 0. The third-order valence-corrected chi connectivity index (χ3v) is 4.66. The van der Waals surface area contributed by atoms with Gasteiger partial charge in [0, 0.05) is 24.2 Å². The van der Waals surface area contributed by atoms with Crippen molar-refractivity contribution in [3.63, 3.8) is 0 Å². The van der Waals surface area contributed by atoms with Crippen LogP contribution in [0, 0.1) is 0 Å². The van der Waals surface area contributed by atoms with Gasteiger partial charge in [-0.3, -0.25) is 9.80 Å². The average Bonchev–Trinajstić information content (AvgIpc) is 2.25. The summed E-state index contributed by atoms with van der Waals surface area (Å²) >= 11 is 0. The van der Waals surface area contributed by atoms with Crippen LogP contribution in [-0.4, -0.2) is 61.7 Å². The first-order valence-electron chi connectivity index (χ1n) is 6.78. The number of hydrogen-bond acceptors (Lipinski definition) is 3. The third-order valence-electron chi connectivity index (χ3n) is 4.66. The van der Waals surface area contributed by atoms with Gasteiger partial charge in [0.05, 0.1) is 0 Å². The normalized spacial score (nSPS) is 13.8. The lowest BCUT2D eigenvalue weighted by Gasteiger charge is -2.52. The lowest BCUT2D eigenvalue weighted by molar-refractivity contribution is -0.0106. The molecule has 0 aliphatic heterocycles. The van der Waals surface area contributed by atoms with Gasteiger partial charge in [-0.2, -0.15) is 0 Å². The molecule has 3 nitrogen and oxygen atoms in total. The van der Waals surface area contributed by atoms with E-state index in [0.29, 0.717) is 0 Å². The van der Waals surface area contributed by atoms with Gasteiger partial charge in [-0.15, -0.1) is 0 Å². The second kappa shape index (κ2) is 6.72. The molecule has 0 unspecified atom stereocenters. The second-order valence-electron chi connectivity index (χ2n) is 6.06. The van der Waals surface area contributed by atoms with Crippen LogP contribution in [0.15, 0.2) is 0 Å². The topological polar surface area (TPSA) is 18.5 Å². The minimum Gasteiger partial charge on any atom is -0.318 e. The Morgan fingerprint density at radius 2 is 1.29 bits per heavy atom. The summed E-state index contributed by atoms with van der Waals surface area (Å²) in [5.74, 6) is 0. The van der Waals surface area contributed by atoms with Crippen molar-refractivity contribution in [1.82, 2.24) is 15.1 Å². The van der Waals surface area contributed by atoms with Crippen molar-refractivity contribution in [2.75, 3.05) is 40.8 Å². The molecule has 0 aromatic heterocycles. The Labute approximate surface area is 109 Å². The van der Waals surface area contributed by atoms with E-state index < -0.39 is 0 Å². The van der Waals surface area contributed by atoms with E-state index in [1.54, 1.807) is 0 Å². The van der Waals surface area contributed by atoms with E-state index in [4.69, 9.17) is 0 Å². The number of hydrogen-bond donors (Lipinski definition) is 1. The van der Waals surface area contributed by atoms with Crippen LogP contribution >= 0.6 is 0 Å². The standard InChI is InChI=1S/C14H33N3/c1-9-11-16(7)13(2,3)14(4,5)17(8)12-10-15-6/h15H,9-12H2,1-8H3. The highest BCUT2D eigenvalue weighted by Crippen LogP contribution is 2.31. The van der Waals surface area contributed by atoms with Crippen LogP contribution in [-0.2, 0) is 0 Å². The molecule has 3 heteroatoms. The number of nitrogens with one attached hydrogen (secondary N) is 1. The minimum absolute atomic E-state index is 0.147. The zero-order valence-corrected chi connectivity index (χ0v) is 13.2. The lowest BCUT2D eigenvalue weighted by atomic mass is 9.79. The summed E-state index contributed by atoms with van der Waals surface area (Å²) in [5.41, 5.74) is 0.305. The highest BCUT2D eigenvalue weighted by atomic mass is 15.3. The Balaban J connectivity index is 4.74. The molecule has 0 rings (SSSR count). The van der Waals surface area contributed by atoms with E-state index in [1.807, 2.05) is 7.05 Å². The molecular formula is C14H33N3. The highest BCUT2D eigenvalue weighted by Gasteiger charge is 2.42. The Kier molecular flexibility index (Phi) is 6.67. The van der Waals surface area contributed by atoms with Gasteiger partial charge in [0.25, 0.3) is 0 Å². The van der Waals surface area contributed by atoms with Crippen molar-refractivity contribution in [2.45, 2.75) is 52.1 Å². The first kappa shape index (κ1) is 16.9. The molecule has 0 aromatic rings. The second-order valence-corrected chi connectivity index (χ2v) is 6.06. The zero-order chi connectivity index (χ0) is 13.7. The Morgan fingerprint density at radius 1 is 0.882 bits per heavy atom. The number of nitrogens with zero attached hydrogens (tertiary/aromatic N) is 2. The molecule has 0 saturated carbocycles. The number of rotatable bonds is 8. The molecule has 0 bridgehead atoms. The molecule has 0 radical (unpaired) electrons. The van der Waals surface area contributed by atoms with Gasteiger partial charge in [0.15, 0.2) is 0 Å². The minimum atomic E-state index is 0.147. The molecule has 0 heterocycles. The average molecular weight is 243 g/mol. The predicted molar refractivity (Wildman–Crippen MR) is 77.6 cm³/mol. The summed E-state index contributed by atoms with van der Waals surface area (Å²) in [7, 11) is 6.46. The first-order valence-corrected chi connectivity index (χ1v) is 6.78. The van der Waals surface area contributed by atoms with Crippen molar-refractivity contribution >= 4 is 0 Å². The van der Waals surface area contributed by atoms with E-state index in [1.165, 1.54) is 6.42 Å². The molecule has 17 heavy (non-hydrogen) atoms. The van der Waals surface area contributed by atoms with E-state index >= 15 is 0 Å². The predicted octanol–water partition coefficient (Wildman–Crippen LogP) is 2.04. The van der Waals surface area contributed by atoms with Crippen LogP contribution in [0.3, 0.4) is 0 Å². The molecule has 0 saturated heterocycles. The molecule has 0 fully saturated rings. The Bertz CT molecular complexity index is 212. The van der Waals surface area contributed by atoms with Gasteiger partial charge in [0.2, 0.25) is 0 Å². The molecule has 0 aliphatic carbocycles. The molecule has 104 valence electrons. The lowest BCUT2D eigenvalue weighted by Crippen LogP contribution is -2.64. The SMILES string of the molecule is CCCN(C)C(C)(C)C(C)(C)N(C)CCNC. The summed E-state index contributed by atoms with van der Waals surface area (Å²) < 4.78 is 0. The van der Waals surface area contributed by atoms with E-state index in [0.717, 1.165) is 19.6 Å². The summed E-state index contributed by atoms with van der Waals surface area (Å²) in [4.78, 5) is 4.93. The fourth-order valence-corrected chi connectivity index (χ4v) is 2.11. The fraction of sp³-hybridized carbons (Fsp3) is 1.00. The largest absolute Gasteiger partial charge is 0.318 e. The van der Waals surface area contributed by atoms with Crippen LogP contribution < -0.4 is 5.32 Å². The van der Waals surface area contributed by atoms with Crippen LogP contribution in [0.1, 0.15) is 41.0 Å². The van der Waals surface area contributed by atoms with Crippen LogP contribution in [0.25, 0.3) is 0 Å². The van der Waals surface area contributed by atoms with E-state index in [2.05, 4.69) is 63.8 Å². The molecule has 0 aliphatic rings. The summed E-state index contributed by atoms with van der Waals surface area (Å²) in [6.45, 7) is 14.9. The van der Waals surface area contributed by atoms with Crippen molar-refractivity contribution in [3.8, 4) is 0 Å². The Hall–Kier alpha value is -0.120. The van der Waals surface area contributed by atoms with Crippen molar-refractivity contribution < 1.29 is 0 Å². The molecule has 1 N–H and O–H groups in total. The third kappa shape index (κ3) is 3.94. The van der Waals surface area contributed by atoms with Crippen molar-refractivity contribution in [1.29, 1.82) is 0 Å². The van der Waals surface area contributed by atoms with Gasteiger partial charge in [-0.1, -0.05) is 6.92 Å². The summed E-state index contributed by atoms with van der Waals surface area (Å²) in [6.07, 6.45) is 1.20. The maximum Gasteiger partial charge on any atom is 0.0328 e. The fourth-order valence-electron chi connectivity index (χ4n) is 2.11. The highest BCUT2D eigenvalue weighted by molar-refractivity contribution is 5.01. The summed E-state index contributed by atoms with van der Waals surface area (Å²) in [5, 5.41) is 3.22. The molecule has 0 spiro atoms. The van der Waals surface area contributed by atoms with Gasteiger partial charge >= 0.3 is 0 Å². The van der Waals surface area contributed by atoms with Crippen LogP contribution in [0.4, 0.5) is 0 Å². The quantitative estimate of drug-likeness (QED) is 0.704. The first-order chi connectivity index (χ1) is 7.71. The maximum absolute atomic E-state index is 3.22. The van der Waals surface area contributed by atoms with Gasteiger partial charge in [-0.25, -0.2) is 0 Å². The molecule has 0 aromatic carbocycles. The van der Waals surface area contributed by atoms with Gasteiger partial charge in [-0.05, 0) is 61.8 Å². The molecular weight excluding hydrogens is 210 g/mol. The number of likely N-dealkylation sites (N-methyl/N-ethyl adjacent to an activating group) is 3.